The highest BCUT2D eigenvalue weighted by Gasteiger charge is 2.76. The van der Waals surface area contributed by atoms with Crippen LogP contribution in [0.2, 0.25) is 0 Å². The summed E-state index contributed by atoms with van der Waals surface area (Å²) in [6.07, 6.45) is 2.79. The normalized spacial score (nSPS) is 29.0. The van der Waals surface area contributed by atoms with Crippen molar-refractivity contribution >= 4 is 28.9 Å². The molecule has 3 aromatic carbocycles. The van der Waals surface area contributed by atoms with E-state index < -0.39 is 69.0 Å². The van der Waals surface area contributed by atoms with Crippen molar-refractivity contribution in [2.45, 2.75) is 79.2 Å². The van der Waals surface area contributed by atoms with Crippen LogP contribution in [-0.2, 0) is 38.4 Å². The molecule has 50 heavy (non-hydrogen) atoms. The molecule has 0 spiro atoms. The number of benzene rings is 3. The average molecular weight is 679 g/mol. The largest absolute Gasteiger partial charge is 0.507 e. The van der Waals surface area contributed by atoms with Crippen LogP contribution in [0.1, 0.15) is 80.1 Å². The third-order valence-corrected chi connectivity index (χ3v) is 11.8. The molecule has 2 N–H and O–H groups in total. The van der Waals surface area contributed by atoms with Crippen LogP contribution >= 0.6 is 0 Å². The number of methoxy groups -OCH3 is 1. The van der Waals surface area contributed by atoms with Crippen molar-refractivity contribution in [1.29, 1.82) is 0 Å². The molecule has 0 amide bonds. The summed E-state index contributed by atoms with van der Waals surface area (Å²) in [5.41, 5.74) is 0.0664. The maximum absolute atomic E-state index is 14.6. The number of aliphatic hydroxyl groups is 1. The van der Waals surface area contributed by atoms with Crippen LogP contribution in [0.3, 0.4) is 0 Å². The Morgan fingerprint density at radius 3 is 2.24 bits per heavy atom. The van der Waals surface area contributed by atoms with E-state index in [1.54, 1.807) is 40.9 Å². The van der Waals surface area contributed by atoms with E-state index in [1.165, 1.54) is 17.2 Å². The summed E-state index contributed by atoms with van der Waals surface area (Å²) in [7, 11) is 1.57. The molecular formula is C42H46O8. The summed E-state index contributed by atoms with van der Waals surface area (Å²) in [6, 6.07) is 17.6. The number of ether oxygens (including phenoxy) is 1. The molecule has 6 atom stereocenters. The average Bonchev–Trinajstić information content (AvgIpc) is 3.02. The lowest BCUT2D eigenvalue weighted by molar-refractivity contribution is -0.205. The highest BCUT2D eigenvalue weighted by atomic mass is 16.5. The van der Waals surface area contributed by atoms with Gasteiger partial charge in [-0.3, -0.25) is 24.0 Å². The maximum atomic E-state index is 14.6. The van der Waals surface area contributed by atoms with Gasteiger partial charge in [0.15, 0.2) is 28.7 Å². The number of phenols is 1. The summed E-state index contributed by atoms with van der Waals surface area (Å²) >= 11 is 0. The minimum atomic E-state index is -2.73. The van der Waals surface area contributed by atoms with E-state index in [9.17, 15) is 34.2 Å². The maximum Gasteiger partial charge on any atom is 0.190 e. The number of ketones is 5. The van der Waals surface area contributed by atoms with Crippen LogP contribution in [0.25, 0.3) is 11.1 Å². The lowest BCUT2D eigenvalue weighted by Crippen LogP contribution is -2.76. The molecule has 0 radical (unpaired) electrons. The molecule has 2 saturated carbocycles. The Morgan fingerprint density at radius 2 is 1.62 bits per heavy atom. The first kappa shape index (κ1) is 35.4. The molecule has 3 aliphatic carbocycles. The van der Waals surface area contributed by atoms with Gasteiger partial charge in [-0.2, -0.15) is 0 Å². The van der Waals surface area contributed by atoms with Gasteiger partial charge in [0.2, 0.25) is 0 Å². The van der Waals surface area contributed by atoms with Crippen molar-refractivity contribution < 1.29 is 38.9 Å². The van der Waals surface area contributed by atoms with E-state index in [2.05, 4.69) is 31.2 Å². The summed E-state index contributed by atoms with van der Waals surface area (Å²) < 4.78 is 5.79. The predicted molar refractivity (Wildman–Crippen MR) is 188 cm³/mol. The van der Waals surface area contributed by atoms with Crippen molar-refractivity contribution in [2.24, 2.45) is 34.5 Å². The monoisotopic (exact) mass is 678 g/mol. The van der Waals surface area contributed by atoms with Crippen molar-refractivity contribution in [1.82, 2.24) is 0 Å². The highest BCUT2D eigenvalue weighted by molar-refractivity contribution is 6.32. The molecule has 0 aromatic heterocycles. The van der Waals surface area contributed by atoms with Crippen molar-refractivity contribution in [2.75, 3.05) is 7.11 Å². The molecule has 0 heterocycles. The standard InChI is InChI=1S/C42H46O8/c1-22(2)34-36(45)32(24(4)43)38(47)42(49)39(48)35-37(46)33-29(20-40(35,5)21-41(34,42)6)27(15-16-30(33)44)28-19-26(14-17-31(28)50-7)13-9-12-25-11-8-10-23(3)18-25/h8,10-11,14-19,22,32,34-35,44,49H,9,12-13,20-21H2,1-7H3/t32?,34?,35?,40-,41-,42+/m1/s1. The van der Waals surface area contributed by atoms with Crippen LogP contribution < -0.4 is 4.74 Å². The molecule has 262 valence electrons. The zero-order valence-electron chi connectivity index (χ0n) is 29.9. The third-order valence-electron chi connectivity index (χ3n) is 11.8. The fourth-order valence-corrected chi connectivity index (χ4v) is 9.87. The van der Waals surface area contributed by atoms with Gasteiger partial charge >= 0.3 is 0 Å². The lowest BCUT2D eigenvalue weighted by atomic mass is 9.40. The van der Waals surface area contributed by atoms with Crippen LogP contribution in [0.5, 0.6) is 11.5 Å². The van der Waals surface area contributed by atoms with Gasteiger partial charge in [-0.25, -0.2) is 0 Å². The molecule has 2 fully saturated rings. The Labute approximate surface area is 293 Å². The van der Waals surface area contributed by atoms with Gasteiger partial charge in [-0.05, 0) is 97.7 Å². The van der Waals surface area contributed by atoms with Gasteiger partial charge in [-0.15, -0.1) is 0 Å². The zero-order valence-corrected chi connectivity index (χ0v) is 29.9. The molecular weight excluding hydrogens is 632 g/mol. The topological polar surface area (TPSA) is 135 Å². The molecule has 6 rings (SSSR count). The van der Waals surface area contributed by atoms with Gasteiger partial charge in [0, 0.05) is 16.9 Å². The fraction of sp³-hybridized carbons (Fsp3) is 0.452. The summed E-state index contributed by atoms with van der Waals surface area (Å²) in [5.74, 6) is -8.54. The highest BCUT2D eigenvalue weighted by Crippen LogP contribution is 2.64. The molecule has 0 bridgehead atoms. The fourth-order valence-electron chi connectivity index (χ4n) is 9.87. The Hall–Kier alpha value is -4.43. The van der Waals surface area contributed by atoms with Gasteiger partial charge < -0.3 is 14.9 Å². The number of aromatic hydroxyl groups is 1. The predicted octanol–water partition coefficient (Wildman–Crippen LogP) is 6.25. The second kappa shape index (κ2) is 12.4. The molecule has 0 saturated heterocycles. The number of carbonyl (C=O) groups excluding carboxylic acids is 5. The van der Waals surface area contributed by atoms with Crippen LogP contribution in [-0.4, -0.2) is 51.8 Å². The van der Waals surface area contributed by atoms with Crippen molar-refractivity contribution in [3.8, 4) is 22.6 Å². The number of fused-ring (bicyclic) bond motifs is 3. The molecule has 8 nitrogen and oxygen atoms in total. The zero-order chi connectivity index (χ0) is 36.5. The van der Waals surface area contributed by atoms with E-state index in [0.29, 0.717) is 16.9 Å². The van der Waals surface area contributed by atoms with E-state index in [1.807, 2.05) is 18.2 Å². The van der Waals surface area contributed by atoms with E-state index in [-0.39, 0.29) is 24.2 Å². The SMILES string of the molecule is COc1ccc(CCCc2cccc(C)c2)cc1-c1ccc(O)c2c1C[C@]1(C)C[C@]3(C)C(C(C)C)C(=O)C(C(C)=O)C(=O)[C@]3(O)C(=O)C1C2=O. The van der Waals surface area contributed by atoms with E-state index in [0.717, 1.165) is 37.3 Å². The summed E-state index contributed by atoms with van der Waals surface area (Å²) in [5, 5.41) is 23.5. The second-order valence-corrected chi connectivity index (χ2v) is 15.7. The number of carbonyl (C=O) groups is 5. The van der Waals surface area contributed by atoms with Crippen molar-refractivity contribution in [3.63, 3.8) is 0 Å². The first-order valence-corrected chi connectivity index (χ1v) is 17.5. The van der Waals surface area contributed by atoms with Gasteiger partial charge in [-0.1, -0.05) is 69.7 Å². The van der Waals surface area contributed by atoms with E-state index in [4.69, 9.17) is 4.74 Å². The second-order valence-electron chi connectivity index (χ2n) is 15.7. The molecule has 3 unspecified atom stereocenters. The number of hydrogen-bond donors (Lipinski definition) is 2. The summed E-state index contributed by atoms with van der Waals surface area (Å²) in [6.45, 7) is 10.1. The van der Waals surface area contributed by atoms with Gasteiger partial charge in [0.25, 0.3) is 0 Å². The number of aryl methyl sites for hydroxylation is 3. The Bertz CT molecular complexity index is 1960. The Balaban J connectivity index is 1.44. The lowest BCUT2D eigenvalue weighted by Gasteiger charge is -2.61. The minimum Gasteiger partial charge on any atom is -0.507 e. The molecule has 8 heteroatoms. The van der Waals surface area contributed by atoms with E-state index >= 15 is 0 Å². The quantitative estimate of drug-likeness (QED) is 0.267. The van der Waals surface area contributed by atoms with Crippen LogP contribution in [0.15, 0.2) is 54.6 Å². The number of hydrogen-bond acceptors (Lipinski definition) is 8. The first-order chi connectivity index (χ1) is 23.5. The van der Waals surface area contributed by atoms with Gasteiger partial charge in [0.1, 0.15) is 23.2 Å². The molecule has 3 aromatic rings. The molecule has 3 aliphatic rings. The smallest absolute Gasteiger partial charge is 0.190 e. The Morgan fingerprint density at radius 1 is 0.940 bits per heavy atom. The number of Topliss-reactive ketones (excluding diaryl/α,β-unsaturated/α-hetero) is 5. The number of rotatable bonds is 8. The van der Waals surface area contributed by atoms with Crippen LogP contribution in [0, 0.1) is 41.4 Å². The minimum absolute atomic E-state index is 0.00569. The van der Waals surface area contributed by atoms with Crippen molar-refractivity contribution in [3.05, 3.63) is 82.4 Å². The third kappa shape index (κ3) is 5.17. The number of phenolic OH excluding ortho intramolecular Hbond substituents is 1. The summed E-state index contributed by atoms with van der Waals surface area (Å²) in [4.78, 5) is 69.6. The first-order valence-electron chi connectivity index (χ1n) is 17.5. The Kier molecular flexibility index (Phi) is 8.79. The molecule has 0 aliphatic heterocycles. The van der Waals surface area contributed by atoms with Crippen LogP contribution in [0.4, 0.5) is 0 Å². The van der Waals surface area contributed by atoms with Gasteiger partial charge in [0.05, 0.1) is 18.6 Å².